The molecule has 1 aliphatic carbocycles. The molecule has 0 aromatic carbocycles. The first-order chi connectivity index (χ1) is 11.2. The van der Waals surface area contributed by atoms with Crippen LogP contribution < -0.4 is 5.32 Å². The summed E-state index contributed by atoms with van der Waals surface area (Å²) in [5.41, 5.74) is 2.11. The minimum absolute atomic E-state index is 0.122. The van der Waals surface area contributed by atoms with Gasteiger partial charge in [0.2, 0.25) is 6.39 Å². The van der Waals surface area contributed by atoms with E-state index in [1.807, 2.05) is 19.3 Å². The average molecular weight is 329 g/mol. The molecule has 3 aromatic rings. The van der Waals surface area contributed by atoms with Crippen LogP contribution in [0.1, 0.15) is 44.0 Å². The summed E-state index contributed by atoms with van der Waals surface area (Å²) >= 11 is 1.57. The highest BCUT2D eigenvalue weighted by molar-refractivity contribution is 7.14. The van der Waals surface area contributed by atoms with Crippen LogP contribution in [-0.4, -0.2) is 25.8 Å². The fraction of sp³-hybridized carbons (Fsp3) is 0.333. The molecule has 4 rings (SSSR count). The molecule has 0 radical (unpaired) electrons. The van der Waals surface area contributed by atoms with Crippen LogP contribution in [0.4, 0.5) is 0 Å². The van der Waals surface area contributed by atoms with Crippen LogP contribution in [-0.2, 0) is 19.9 Å². The highest BCUT2D eigenvalue weighted by atomic mass is 32.1. The van der Waals surface area contributed by atoms with E-state index in [4.69, 9.17) is 4.52 Å². The normalized spacial score (nSPS) is 14.7. The molecule has 118 valence electrons. The summed E-state index contributed by atoms with van der Waals surface area (Å²) in [4.78, 5) is 18.8. The molecule has 1 amide bonds. The zero-order chi connectivity index (χ0) is 15.8. The fourth-order valence-electron chi connectivity index (χ4n) is 2.84. The third-order valence-corrected chi connectivity index (χ3v) is 5.18. The van der Waals surface area contributed by atoms with Crippen LogP contribution in [0.2, 0.25) is 0 Å². The first-order valence-electron chi connectivity index (χ1n) is 7.38. The van der Waals surface area contributed by atoms with Crippen molar-refractivity contribution in [3.8, 4) is 0 Å². The quantitative estimate of drug-likeness (QED) is 0.790. The van der Waals surface area contributed by atoms with Crippen molar-refractivity contribution in [2.45, 2.75) is 25.3 Å². The van der Waals surface area contributed by atoms with Crippen molar-refractivity contribution in [1.82, 2.24) is 25.2 Å². The number of hydrogen-bond acceptors (Lipinski definition) is 6. The van der Waals surface area contributed by atoms with Crippen LogP contribution >= 0.6 is 11.3 Å². The number of carbonyl (C=O) groups excluding carboxylic acids is 1. The average Bonchev–Trinajstić information content (AvgIpc) is 3.28. The van der Waals surface area contributed by atoms with E-state index in [-0.39, 0.29) is 5.91 Å². The van der Waals surface area contributed by atoms with Crippen molar-refractivity contribution < 1.29 is 9.32 Å². The molecule has 23 heavy (non-hydrogen) atoms. The maximum atomic E-state index is 12.6. The molecule has 3 aromatic heterocycles. The maximum absolute atomic E-state index is 12.6. The Labute approximate surface area is 136 Å². The predicted molar refractivity (Wildman–Crippen MR) is 83.2 cm³/mol. The van der Waals surface area contributed by atoms with E-state index in [1.54, 1.807) is 22.2 Å². The van der Waals surface area contributed by atoms with Gasteiger partial charge in [-0.2, -0.15) is 10.1 Å². The second kappa shape index (κ2) is 5.62. The summed E-state index contributed by atoms with van der Waals surface area (Å²) in [5.74, 6) is 0.290. The number of thiophene rings is 1. The zero-order valence-electron chi connectivity index (χ0n) is 12.5. The second-order valence-electron chi connectivity index (χ2n) is 5.56. The standard InChI is InChI=1S/C15H15N5O2S/c1-20-7-10(6-17-20)13(14-16-8-22-19-14)18-15(21)12-5-9-3-2-4-11(9)23-12/h5-8,13H,2-4H2,1H3,(H,18,21). The Morgan fingerprint density at radius 3 is 3.09 bits per heavy atom. The van der Waals surface area contributed by atoms with Crippen LogP contribution in [0, 0.1) is 0 Å². The monoisotopic (exact) mass is 329 g/mol. The number of aromatic nitrogens is 4. The number of rotatable bonds is 4. The van der Waals surface area contributed by atoms with Gasteiger partial charge in [0.05, 0.1) is 11.1 Å². The lowest BCUT2D eigenvalue weighted by Crippen LogP contribution is -2.29. The molecule has 3 heterocycles. The van der Waals surface area contributed by atoms with Gasteiger partial charge in [0, 0.05) is 23.7 Å². The van der Waals surface area contributed by atoms with E-state index in [2.05, 4.69) is 20.6 Å². The molecule has 1 aliphatic rings. The SMILES string of the molecule is Cn1cc(C(NC(=O)c2cc3c(s2)CCC3)c2ncon2)cn1. The minimum Gasteiger partial charge on any atom is -0.343 e. The molecule has 0 saturated carbocycles. The van der Waals surface area contributed by atoms with Crippen molar-refractivity contribution in [3.05, 3.63) is 51.6 Å². The molecule has 1 unspecified atom stereocenters. The largest absolute Gasteiger partial charge is 0.343 e. The van der Waals surface area contributed by atoms with Gasteiger partial charge in [-0.1, -0.05) is 5.16 Å². The van der Waals surface area contributed by atoms with Gasteiger partial charge in [0.25, 0.3) is 5.91 Å². The first kappa shape index (κ1) is 14.1. The van der Waals surface area contributed by atoms with Crippen molar-refractivity contribution in [1.29, 1.82) is 0 Å². The van der Waals surface area contributed by atoms with Gasteiger partial charge in [0.15, 0.2) is 5.82 Å². The van der Waals surface area contributed by atoms with Crippen molar-refractivity contribution >= 4 is 17.2 Å². The van der Waals surface area contributed by atoms with Crippen LogP contribution in [0.15, 0.2) is 29.4 Å². The van der Waals surface area contributed by atoms with Gasteiger partial charge in [-0.05, 0) is 30.9 Å². The second-order valence-corrected chi connectivity index (χ2v) is 6.69. The first-order valence-corrected chi connectivity index (χ1v) is 8.19. The van der Waals surface area contributed by atoms with Gasteiger partial charge in [0.1, 0.15) is 6.04 Å². The highest BCUT2D eigenvalue weighted by Gasteiger charge is 2.25. The Balaban J connectivity index is 1.61. The number of hydrogen-bond donors (Lipinski definition) is 1. The van der Waals surface area contributed by atoms with Gasteiger partial charge in [-0.15, -0.1) is 11.3 Å². The molecule has 0 saturated heterocycles. The number of carbonyl (C=O) groups is 1. The Bertz CT molecular complexity index is 815. The zero-order valence-corrected chi connectivity index (χ0v) is 13.3. The van der Waals surface area contributed by atoms with Crippen molar-refractivity contribution in [2.24, 2.45) is 7.05 Å². The van der Waals surface area contributed by atoms with E-state index in [0.29, 0.717) is 5.82 Å². The van der Waals surface area contributed by atoms with Gasteiger partial charge in [-0.25, -0.2) is 0 Å². The lowest BCUT2D eigenvalue weighted by molar-refractivity contribution is 0.0945. The molecular weight excluding hydrogens is 314 g/mol. The van der Waals surface area contributed by atoms with Crippen LogP contribution in [0.5, 0.6) is 0 Å². The molecule has 8 heteroatoms. The lowest BCUT2D eigenvalue weighted by atomic mass is 10.1. The number of nitrogens with one attached hydrogen (secondary N) is 1. The van der Waals surface area contributed by atoms with E-state index >= 15 is 0 Å². The summed E-state index contributed by atoms with van der Waals surface area (Å²) in [7, 11) is 1.82. The summed E-state index contributed by atoms with van der Waals surface area (Å²) in [6, 6.07) is 1.52. The van der Waals surface area contributed by atoms with Gasteiger partial charge in [-0.3, -0.25) is 9.48 Å². The van der Waals surface area contributed by atoms with Crippen LogP contribution in [0.3, 0.4) is 0 Å². The van der Waals surface area contributed by atoms with E-state index in [0.717, 1.165) is 23.3 Å². The third kappa shape index (κ3) is 2.65. The van der Waals surface area contributed by atoms with E-state index in [9.17, 15) is 4.79 Å². The fourth-order valence-corrected chi connectivity index (χ4v) is 3.99. The third-order valence-electron chi connectivity index (χ3n) is 3.94. The van der Waals surface area contributed by atoms with Crippen LogP contribution in [0.25, 0.3) is 0 Å². The number of amides is 1. The van der Waals surface area contributed by atoms with Crippen molar-refractivity contribution in [3.63, 3.8) is 0 Å². The Morgan fingerprint density at radius 1 is 1.48 bits per heavy atom. The van der Waals surface area contributed by atoms with Gasteiger partial charge >= 0.3 is 0 Å². The topological polar surface area (TPSA) is 85.8 Å². The molecule has 0 spiro atoms. The Kier molecular flexibility index (Phi) is 3.45. The van der Waals surface area contributed by atoms with E-state index < -0.39 is 6.04 Å². The van der Waals surface area contributed by atoms with E-state index in [1.165, 1.54) is 23.3 Å². The molecule has 0 bridgehead atoms. The number of aryl methyl sites for hydroxylation is 3. The number of fused-ring (bicyclic) bond motifs is 1. The van der Waals surface area contributed by atoms with Crippen molar-refractivity contribution in [2.75, 3.05) is 0 Å². The summed E-state index contributed by atoms with van der Waals surface area (Å²) in [6.45, 7) is 0. The highest BCUT2D eigenvalue weighted by Crippen LogP contribution is 2.31. The summed E-state index contributed by atoms with van der Waals surface area (Å²) < 4.78 is 6.50. The smallest absolute Gasteiger partial charge is 0.262 e. The molecule has 7 nitrogen and oxygen atoms in total. The molecule has 0 aliphatic heterocycles. The maximum Gasteiger partial charge on any atom is 0.262 e. The predicted octanol–water partition coefficient (Wildman–Crippen LogP) is 1.87. The Morgan fingerprint density at radius 2 is 2.39 bits per heavy atom. The molecule has 1 atom stereocenters. The summed E-state index contributed by atoms with van der Waals surface area (Å²) in [5, 5.41) is 11.0. The minimum atomic E-state index is -0.480. The molecule has 1 N–H and O–H groups in total. The summed E-state index contributed by atoms with van der Waals surface area (Å²) in [6.07, 6.45) is 8.10. The Hall–Kier alpha value is -2.48. The molecular formula is C15H15N5O2S. The lowest BCUT2D eigenvalue weighted by Gasteiger charge is -2.13. The van der Waals surface area contributed by atoms with Gasteiger partial charge < -0.3 is 9.84 Å². The number of nitrogens with zero attached hydrogens (tertiary/aromatic N) is 4. The molecule has 0 fully saturated rings.